The number of carbonyl (C=O) groups excluding carboxylic acids is 3. The zero-order valence-corrected chi connectivity index (χ0v) is 20.9. The van der Waals surface area contributed by atoms with Crippen molar-refractivity contribution in [1.82, 2.24) is 4.31 Å². The minimum Gasteiger partial charge on any atom is -0.454 e. The molecular weight excluding hydrogens is 464 g/mol. The Morgan fingerprint density at radius 3 is 2.18 bits per heavy atom. The predicted octanol–water partition coefficient (Wildman–Crippen LogP) is 3.44. The Morgan fingerprint density at radius 1 is 1.00 bits per heavy atom. The Labute approximate surface area is 198 Å². The summed E-state index contributed by atoms with van der Waals surface area (Å²) in [5.74, 6) is -1.13. The standard InChI is InChI=1S/C23H28N2O6S2/c1-23(2,3)20(26)14-31-22(28)18-8-6-7-9-19(18)32-15-21(27)24-16-10-12-17(13-11-16)33(29,30)25(4)5/h6-13H,14-15H2,1-5H3,(H,24,27). The van der Waals surface area contributed by atoms with Gasteiger partial charge in [0.05, 0.1) is 16.2 Å². The molecule has 0 atom stereocenters. The highest BCUT2D eigenvalue weighted by Gasteiger charge is 2.23. The van der Waals surface area contributed by atoms with Crippen LogP contribution in [0.4, 0.5) is 5.69 Å². The fourth-order valence-corrected chi connectivity index (χ4v) is 4.19. The van der Waals surface area contributed by atoms with Crippen molar-refractivity contribution in [3.05, 3.63) is 54.1 Å². The van der Waals surface area contributed by atoms with Gasteiger partial charge >= 0.3 is 5.97 Å². The van der Waals surface area contributed by atoms with Gasteiger partial charge in [0.1, 0.15) is 0 Å². The lowest BCUT2D eigenvalue weighted by molar-refractivity contribution is -0.129. The number of hydrogen-bond acceptors (Lipinski definition) is 7. The summed E-state index contributed by atoms with van der Waals surface area (Å²) in [5.41, 5.74) is 0.114. The Kier molecular flexibility index (Phi) is 8.82. The second-order valence-corrected chi connectivity index (χ2v) is 11.6. The van der Waals surface area contributed by atoms with E-state index in [1.54, 1.807) is 45.0 Å². The second kappa shape index (κ2) is 11.0. The fraction of sp³-hybridized carbons (Fsp3) is 0.348. The monoisotopic (exact) mass is 492 g/mol. The van der Waals surface area contributed by atoms with Crippen LogP contribution in [0.15, 0.2) is 58.3 Å². The summed E-state index contributed by atoms with van der Waals surface area (Å²) in [7, 11) is -0.663. The smallest absolute Gasteiger partial charge is 0.339 e. The van der Waals surface area contributed by atoms with E-state index in [1.807, 2.05) is 0 Å². The molecule has 33 heavy (non-hydrogen) atoms. The van der Waals surface area contributed by atoms with Crippen LogP contribution in [-0.2, 0) is 24.3 Å². The SMILES string of the molecule is CN(C)S(=O)(=O)c1ccc(NC(=O)CSc2ccccc2C(=O)OCC(=O)C(C)(C)C)cc1. The van der Waals surface area contributed by atoms with Crippen molar-refractivity contribution >= 4 is 45.1 Å². The highest BCUT2D eigenvalue weighted by Crippen LogP contribution is 2.24. The van der Waals surface area contributed by atoms with Gasteiger partial charge in [-0.2, -0.15) is 0 Å². The highest BCUT2D eigenvalue weighted by molar-refractivity contribution is 8.00. The van der Waals surface area contributed by atoms with E-state index in [2.05, 4.69) is 5.32 Å². The molecule has 0 bridgehead atoms. The summed E-state index contributed by atoms with van der Waals surface area (Å²) in [6.45, 7) is 4.93. The van der Waals surface area contributed by atoms with Crippen molar-refractivity contribution in [1.29, 1.82) is 0 Å². The number of benzene rings is 2. The first-order valence-corrected chi connectivity index (χ1v) is 12.5. The molecule has 0 heterocycles. The van der Waals surface area contributed by atoms with E-state index in [-0.39, 0.29) is 34.5 Å². The number of anilines is 1. The number of esters is 1. The van der Waals surface area contributed by atoms with Crippen LogP contribution in [-0.4, -0.2) is 56.8 Å². The van der Waals surface area contributed by atoms with E-state index in [1.165, 1.54) is 38.4 Å². The van der Waals surface area contributed by atoms with Crippen molar-refractivity contribution in [2.75, 3.05) is 31.8 Å². The molecule has 1 N–H and O–H groups in total. The van der Waals surface area contributed by atoms with Crippen LogP contribution in [0.25, 0.3) is 0 Å². The van der Waals surface area contributed by atoms with Crippen LogP contribution in [0.5, 0.6) is 0 Å². The highest BCUT2D eigenvalue weighted by atomic mass is 32.2. The van der Waals surface area contributed by atoms with Crippen LogP contribution < -0.4 is 5.32 Å². The Balaban J connectivity index is 1.98. The minimum atomic E-state index is -3.55. The molecule has 1 amide bonds. The number of amides is 1. The molecule has 0 aromatic heterocycles. The molecular formula is C23H28N2O6S2. The lowest BCUT2D eigenvalue weighted by Crippen LogP contribution is -2.26. The third kappa shape index (κ3) is 7.41. The third-order valence-corrected chi connectivity index (χ3v) is 7.46. The van der Waals surface area contributed by atoms with Gasteiger partial charge in [-0.1, -0.05) is 32.9 Å². The Hall–Kier alpha value is -2.69. The molecule has 0 fully saturated rings. The molecule has 0 saturated carbocycles. The number of carbonyl (C=O) groups is 3. The van der Waals surface area contributed by atoms with Gasteiger partial charge in [-0.3, -0.25) is 9.59 Å². The zero-order chi connectivity index (χ0) is 24.8. The number of hydrogen-bond donors (Lipinski definition) is 1. The molecule has 0 aliphatic carbocycles. The Morgan fingerprint density at radius 2 is 1.61 bits per heavy atom. The van der Waals surface area contributed by atoms with Crippen molar-refractivity contribution in [2.45, 2.75) is 30.6 Å². The summed E-state index contributed by atoms with van der Waals surface area (Å²) in [6.07, 6.45) is 0. The van der Waals surface area contributed by atoms with E-state index in [0.29, 0.717) is 10.6 Å². The average Bonchev–Trinajstić information content (AvgIpc) is 2.75. The maximum Gasteiger partial charge on any atom is 0.339 e. The first kappa shape index (κ1) is 26.6. The summed E-state index contributed by atoms with van der Waals surface area (Å²) in [4.78, 5) is 37.5. The molecule has 0 saturated heterocycles. The molecule has 178 valence electrons. The van der Waals surface area contributed by atoms with Gasteiger partial charge in [-0.15, -0.1) is 11.8 Å². The van der Waals surface area contributed by atoms with Gasteiger partial charge in [0, 0.05) is 30.1 Å². The number of nitrogens with one attached hydrogen (secondary N) is 1. The summed E-state index contributed by atoms with van der Waals surface area (Å²) in [6, 6.07) is 12.5. The van der Waals surface area contributed by atoms with E-state index in [4.69, 9.17) is 4.74 Å². The van der Waals surface area contributed by atoms with E-state index >= 15 is 0 Å². The quantitative estimate of drug-likeness (QED) is 0.422. The van der Waals surface area contributed by atoms with E-state index in [9.17, 15) is 22.8 Å². The number of rotatable bonds is 9. The summed E-state index contributed by atoms with van der Waals surface area (Å²) >= 11 is 1.15. The first-order valence-electron chi connectivity index (χ1n) is 10.1. The normalized spacial score (nSPS) is 11.8. The van der Waals surface area contributed by atoms with Crippen molar-refractivity contribution < 1.29 is 27.5 Å². The van der Waals surface area contributed by atoms with E-state index < -0.39 is 21.4 Å². The molecule has 8 nitrogen and oxygen atoms in total. The number of ether oxygens (including phenoxy) is 1. The molecule has 2 aromatic rings. The van der Waals surface area contributed by atoms with Gasteiger partial charge in [-0.05, 0) is 36.4 Å². The lowest BCUT2D eigenvalue weighted by atomic mass is 9.91. The van der Waals surface area contributed by atoms with Crippen molar-refractivity contribution in [2.24, 2.45) is 5.41 Å². The molecule has 0 aliphatic heterocycles. The molecule has 0 unspecified atom stereocenters. The third-order valence-electron chi connectivity index (χ3n) is 4.55. The zero-order valence-electron chi connectivity index (χ0n) is 19.2. The average molecular weight is 493 g/mol. The second-order valence-electron chi connectivity index (χ2n) is 8.39. The van der Waals surface area contributed by atoms with E-state index in [0.717, 1.165) is 16.1 Å². The number of sulfonamides is 1. The fourth-order valence-electron chi connectivity index (χ4n) is 2.45. The number of ketones is 1. The van der Waals surface area contributed by atoms with Gasteiger partial charge < -0.3 is 10.1 Å². The molecule has 10 heteroatoms. The van der Waals surface area contributed by atoms with Gasteiger partial charge in [-0.25, -0.2) is 17.5 Å². The predicted molar refractivity (Wildman–Crippen MR) is 128 cm³/mol. The summed E-state index contributed by atoms with van der Waals surface area (Å²) < 4.78 is 30.5. The molecule has 2 rings (SSSR count). The minimum absolute atomic E-state index is 0.0168. The number of nitrogens with zero attached hydrogens (tertiary/aromatic N) is 1. The molecule has 0 spiro atoms. The number of Topliss-reactive ketones (excluding diaryl/α,β-unsaturated/α-hetero) is 1. The Bertz CT molecular complexity index is 1120. The first-order chi connectivity index (χ1) is 15.3. The van der Waals surface area contributed by atoms with Crippen LogP contribution in [0.3, 0.4) is 0 Å². The van der Waals surface area contributed by atoms with Gasteiger partial charge in [0.15, 0.2) is 12.4 Å². The maximum absolute atomic E-state index is 12.5. The summed E-state index contributed by atoms with van der Waals surface area (Å²) in [5, 5.41) is 2.70. The van der Waals surface area contributed by atoms with Crippen LogP contribution in [0.1, 0.15) is 31.1 Å². The van der Waals surface area contributed by atoms with Gasteiger partial charge in [0.25, 0.3) is 0 Å². The van der Waals surface area contributed by atoms with Crippen molar-refractivity contribution in [3.8, 4) is 0 Å². The van der Waals surface area contributed by atoms with Crippen LogP contribution >= 0.6 is 11.8 Å². The molecule has 2 aromatic carbocycles. The lowest BCUT2D eigenvalue weighted by Gasteiger charge is -2.16. The largest absolute Gasteiger partial charge is 0.454 e. The van der Waals surface area contributed by atoms with Crippen LogP contribution in [0, 0.1) is 5.41 Å². The van der Waals surface area contributed by atoms with Crippen LogP contribution in [0.2, 0.25) is 0 Å². The molecule has 0 aliphatic rings. The maximum atomic E-state index is 12.5. The number of thioether (sulfide) groups is 1. The topological polar surface area (TPSA) is 110 Å². The van der Waals surface area contributed by atoms with Crippen molar-refractivity contribution in [3.63, 3.8) is 0 Å². The van der Waals surface area contributed by atoms with Gasteiger partial charge in [0.2, 0.25) is 15.9 Å². The molecule has 0 radical (unpaired) electrons.